The van der Waals surface area contributed by atoms with Crippen LogP contribution in [0.2, 0.25) is 0 Å². The average Bonchev–Trinajstić information content (AvgIpc) is 2.86. The molecule has 0 saturated heterocycles. The number of carbonyl (C=O) groups is 1. The van der Waals surface area contributed by atoms with Crippen molar-refractivity contribution in [2.45, 2.75) is 12.5 Å². The van der Waals surface area contributed by atoms with Crippen LogP contribution in [0.5, 0.6) is 0 Å². The van der Waals surface area contributed by atoms with Gasteiger partial charge < -0.3 is 4.74 Å². The standard InChI is InChI=1S/C29H24F2O2/c1-21(28(32)26-18-17-25(30)19-27(26)31)20-33-29(22-11-5-2-6-12-22,23-13-7-3-8-14-23)24-15-9-4-10-16-24/h2-19,21H,20H2,1H3/t21-/m0/s1. The van der Waals surface area contributed by atoms with Crippen LogP contribution in [0.1, 0.15) is 34.0 Å². The molecule has 0 aliphatic rings. The van der Waals surface area contributed by atoms with Crippen LogP contribution >= 0.6 is 0 Å². The Kier molecular flexibility index (Phi) is 6.76. The summed E-state index contributed by atoms with van der Waals surface area (Å²) in [7, 11) is 0. The summed E-state index contributed by atoms with van der Waals surface area (Å²) >= 11 is 0. The molecule has 0 fully saturated rings. The molecular weight excluding hydrogens is 418 g/mol. The second kappa shape index (κ2) is 9.88. The molecule has 4 heteroatoms. The molecule has 1 atom stereocenters. The Morgan fingerprint density at radius 3 is 1.64 bits per heavy atom. The highest BCUT2D eigenvalue weighted by molar-refractivity contribution is 5.98. The molecule has 33 heavy (non-hydrogen) atoms. The van der Waals surface area contributed by atoms with Gasteiger partial charge in [-0.15, -0.1) is 0 Å². The van der Waals surface area contributed by atoms with E-state index in [9.17, 15) is 13.6 Å². The molecule has 0 aliphatic carbocycles. The number of ketones is 1. The van der Waals surface area contributed by atoms with Crippen LogP contribution in [0.4, 0.5) is 8.78 Å². The Labute approximate surface area is 192 Å². The highest BCUT2D eigenvalue weighted by Gasteiger charge is 2.38. The van der Waals surface area contributed by atoms with E-state index in [1.54, 1.807) is 6.92 Å². The van der Waals surface area contributed by atoms with Crippen LogP contribution in [0.3, 0.4) is 0 Å². The van der Waals surface area contributed by atoms with E-state index in [2.05, 4.69) is 0 Å². The molecule has 0 aromatic heterocycles. The van der Waals surface area contributed by atoms with Gasteiger partial charge in [-0.2, -0.15) is 0 Å². The second-order valence-corrected chi connectivity index (χ2v) is 7.98. The first kappa shape index (κ1) is 22.6. The SMILES string of the molecule is C[C@@H](COC(c1ccccc1)(c1ccccc1)c1ccccc1)C(=O)c1ccc(F)cc1F. The molecule has 4 aromatic carbocycles. The Bertz CT molecular complexity index is 1110. The molecule has 0 saturated carbocycles. The van der Waals surface area contributed by atoms with Crippen molar-refractivity contribution in [2.75, 3.05) is 6.61 Å². The molecule has 0 amide bonds. The fraction of sp³-hybridized carbons (Fsp3) is 0.138. The predicted octanol–water partition coefficient (Wildman–Crippen LogP) is 6.79. The maximum atomic E-state index is 14.2. The summed E-state index contributed by atoms with van der Waals surface area (Å²) in [6.07, 6.45) is 0. The zero-order valence-electron chi connectivity index (χ0n) is 18.2. The molecule has 166 valence electrons. The summed E-state index contributed by atoms with van der Waals surface area (Å²) in [5, 5.41) is 0. The molecule has 0 unspecified atom stereocenters. The van der Waals surface area contributed by atoms with E-state index in [4.69, 9.17) is 4.74 Å². The highest BCUT2D eigenvalue weighted by Crippen LogP contribution is 2.40. The lowest BCUT2D eigenvalue weighted by Crippen LogP contribution is -2.35. The lowest BCUT2D eigenvalue weighted by molar-refractivity contribution is -0.00257. The van der Waals surface area contributed by atoms with E-state index in [0.29, 0.717) is 0 Å². The number of halogens is 2. The summed E-state index contributed by atoms with van der Waals surface area (Å²) in [4.78, 5) is 13.0. The van der Waals surface area contributed by atoms with Crippen LogP contribution in [0, 0.1) is 17.6 Å². The largest absolute Gasteiger partial charge is 0.360 e. The number of Topliss-reactive ketones (excluding diaryl/α,β-unsaturated/α-hetero) is 1. The fourth-order valence-corrected chi connectivity index (χ4v) is 4.05. The van der Waals surface area contributed by atoms with Crippen molar-refractivity contribution < 1.29 is 18.3 Å². The van der Waals surface area contributed by atoms with Crippen molar-refractivity contribution in [1.82, 2.24) is 0 Å². The van der Waals surface area contributed by atoms with Gasteiger partial charge in [0.1, 0.15) is 17.2 Å². The quantitative estimate of drug-likeness (QED) is 0.222. The van der Waals surface area contributed by atoms with Crippen molar-refractivity contribution in [3.63, 3.8) is 0 Å². The third-order valence-electron chi connectivity index (χ3n) is 5.73. The van der Waals surface area contributed by atoms with E-state index in [1.807, 2.05) is 91.0 Å². The molecule has 0 N–H and O–H groups in total. The number of benzene rings is 4. The van der Waals surface area contributed by atoms with Gasteiger partial charge >= 0.3 is 0 Å². The van der Waals surface area contributed by atoms with E-state index in [0.717, 1.165) is 28.8 Å². The van der Waals surface area contributed by atoms with E-state index in [-0.39, 0.29) is 12.2 Å². The molecule has 0 aliphatic heterocycles. The van der Waals surface area contributed by atoms with Crippen molar-refractivity contribution in [1.29, 1.82) is 0 Å². The van der Waals surface area contributed by atoms with Gasteiger partial charge in [0.05, 0.1) is 12.2 Å². The number of hydrogen-bond donors (Lipinski definition) is 0. The fourth-order valence-electron chi connectivity index (χ4n) is 4.05. The maximum absolute atomic E-state index is 14.2. The van der Waals surface area contributed by atoms with Crippen LogP contribution in [0.15, 0.2) is 109 Å². The van der Waals surface area contributed by atoms with E-state index >= 15 is 0 Å². The van der Waals surface area contributed by atoms with Crippen LogP contribution < -0.4 is 0 Å². The number of ether oxygens (including phenoxy) is 1. The lowest BCUT2D eigenvalue weighted by Gasteiger charge is -2.36. The minimum absolute atomic E-state index is 0.0360. The lowest BCUT2D eigenvalue weighted by atomic mass is 9.80. The van der Waals surface area contributed by atoms with Crippen LogP contribution in [-0.4, -0.2) is 12.4 Å². The first-order valence-electron chi connectivity index (χ1n) is 10.8. The second-order valence-electron chi connectivity index (χ2n) is 7.98. The molecule has 0 bridgehead atoms. The summed E-state index contributed by atoms with van der Waals surface area (Å²) < 4.78 is 34.2. The Balaban J connectivity index is 1.75. The number of hydrogen-bond acceptors (Lipinski definition) is 2. The number of carbonyl (C=O) groups excluding carboxylic acids is 1. The van der Waals surface area contributed by atoms with Gasteiger partial charge in [-0.05, 0) is 28.8 Å². The summed E-state index contributed by atoms with van der Waals surface area (Å²) in [6, 6.07) is 32.4. The average molecular weight is 443 g/mol. The third-order valence-corrected chi connectivity index (χ3v) is 5.73. The topological polar surface area (TPSA) is 26.3 Å². The van der Waals surface area contributed by atoms with Gasteiger partial charge in [-0.1, -0.05) is 97.9 Å². The zero-order valence-corrected chi connectivity index (χ0v) is 18.2. The molecule has 0 radical (unpaired) electrons. The molecule has 2 nitrogen and oxygen atoms in total. The van der Waals surface area contributed by atoms with E-state index in [1.165, 1.54) is 6.07 Å². The number of rotatable bonds is 8. The molecule has 0 spiro atoms. The maximum Gasteiger partial charge on any atom is 0.170 e. The monoisotopic (exact) mass is 442 g/mol. The summed E-state index contributed by atoms with van der Waals surface area (Å²) in [6.45, 7) is 1.73. The first-order chi connectivity index (χ1) is 16.0. The Morgan fingerprint density at radius 1 is 0.758 bits per heavy atom. The van der Waals surface area contributed by atoms with Gasteiger partial charge in [0.15, 0.2) is 5.78 Å². The first-order valence-corrected chi connectivity index (χ1v) is 10.8. The smallest absolute Gasteiger partial charge is 0.170 e. The minimum atomic E-state index is -0.973. The van der Waals surface area contributed by atoms with E-state index < -0.39 is 28.9 Å². The predicted molar refractivity (Wildman–Crippen MR) is 125 cm³/mol. The van der Waals surface area contributed by atoms with Crippen molar-refractivity contribution in [2.24, 2.45) is 5.92 Å². The van der Waals surface area contributed by atoms with Gasteiger partial charge in [-0.25, -0.2) is 8.78 Å². The molecular formula is C29H24F2O2. The van der Waals surface area contributed by atoms with Crippen LogP contribution in [0.25, 0.3) is 0 Å². The van der Waals surface area contributed by atoms with Crippen molar-refractivity contribution in [3.05, 3.63) is 143 Å². The normalized spacial score (nSPS) is 12.3. The van der Waals surface area contributed by atoms with Gasteiger partial charge in [0.25, 0.3) is 0 Å². The Hall–Kier alpha value is -3.63. The van der Waals surface area contributed by atoms with Gasteiger partial charge in [-0.3, -0.25) is 4.79 Å². The third kappa shape index (κ3) is 4.62. The van der Waals surface area contributed by atoms with Crippen LogP contribution in [-0.2, 0) is 10.3 Å². The molecule has 4 aromatic rings. The van der Waals surface area contributed by atoms with Crippen molar-refractivity contribution in [3.8, 4) is 0 Å². The zero-order chi connectivity index (χ0) is 23.3. The molecule has 4 rings (SSSR count). The van der Waals surface area contributed by atoms with Gasteiger partial charge in [0.2, 0.25) is 0 Å². The van der Waals surface area contributed by atoms with Crippen molar-refractivity contribution >= 4 is 5.78 Å². The highest BCUT2D eigenvalue weighted by atomic mass is 19.1. The summed E-state index contributed by atoms with van der Waals surface area (Å²) in [5.74, 6) is -2.67. The Morgan fingerprint density at radius 2 is 1.21 bits per heavy atom. The van der Waals surface area contributed by atoms with Gasteiger partial charge in [0, 0.05) is 12.0 Å². The minimum Gasteiger partial charge on any atom is -0.360 e. The molecule has 0 heterocycles. The summed E-state index contributed by atoms with van der Waals surface area (Å²) in [5.41, 5.74) is 1.62.